The molecule has 2 rings (SSSR count). The number of anilines is 1. The number of rotatable bonds is 4. The van der Waals surface area contributed by atoms with Crippen LogP contribution in [0.4, 0.5) is 11.5 Å². The van der Waals surface area contributed by atoms with Crippen LogP contribution in [0.3, 0.4) is 0 Å². The van der Waals surface area contributed by atoms with Crippen molar-refractivity contribution < 1.29 is 9.72 Å². The molecule has 1 aromatic rings. The molecule has 0 radical (unpaired) electrons. The summed E-state index contributed by atoms with van der Waals surface area (Å²) in [6.07, 6.45) is 3.25. The third-order valence-electron chi connectivity index (χ3n) is 3.62. The van der Waals surface area contributed by atoms with Crippen LogP contribution in [0.5, 0.6) is 0 Å². The zero-order valence-corrected chi connectivity index (χ0v) is 11.7. The lowest BCUT2D eigenvalue weighted by Crippen LogP contribution is -2.44. The highest BCUT2D eigenvalue weighted by Crippen LogP contribution is 2.22. The van der Waals surface area contributed by atoms with Gasteiger partial charge in [-0.25, -0.2) is 0 Å². The smallest absolute Gasteiger partial charge is 0.358 e. The summed E-state index contributed by atoms with van der Waals surface area (Å²) in [5.74, 6) is -0.182. The second-order valence-electron chi connectivity index (χ2n) is 4.85. The average molecular weight is 278 g/mol. The Morgan fingerprint density at radius 1 is 1.60 bits per heavy atom. The molecule has 1 atom stereocenters. The SMILES string of the molecule is CCN(C(=O)C1CCCN1C)c1ccc([N+](=O)[O-])nc1. The number of carbonyl (C=O) groups excluding carboxylic acids is 1. The van der Waals surface area contributed by atoms with Crippen molar-refractivity contribution in [1.82, 2.24) is 9.88 Å². The van der Waals surface area contributed by atoms with E-state index in [0.717, 1.165) is 19.4 Å². The molecule has 1 unspecified atom stereocenters. The Morgan fingerprint density at radius 2 is 2.35 bits per heavy atom. The highest BCUT2D eigenvalue weighted by molar-refractivity contribution is 5.97. The van der Waals surface area contributed by atoms with Gasteiger partial charge in [0.15, 0.2) is 6.20 Å². The Morgan fingerprint density at radius 3 is 2.80 bits per heavy atom. The maximum Gasteiger partial charge on any atom is 0.363 e. The van der Waals surface area contributed by atoms with E-state index >= 15 is 0 Å². The summed E-state index contributed by atoms with van der Waals surface area (Å²) < 4.78 is 0. The predicted octanol–water partition coefficient (Wildman–Crippen LogP) is 1.44. The number of hydrogen-bond donors (Lipinski definition) is 0. The van der Waals surface area contributed by atoms with E-state index in [0.29, 0.717) is 12.2 Å². The van der Waals surface area contributed by atoms with E-state index < -0.39 is 4.92 Å². The maximum absolute atomic E-state index is 12.5. The van der Waals surface area contributed by atoms with Gasteiger partial charge in [0.1, 0.15) is 0 Å². The molecule has 108 valence electrons. The van der Waals surface area contributed by atoms with E-state index in [4.69, 9.17) is 0 Å². The van der Waals surface area contributed by atoms with Gasteiger partial charge in [0, 0.05) is 12.6 Å². The predicted molar refractivity (Wildman–Crippen MR) is 74.6 cm³/mol. The molecule has 2 heterocycles. The van der Waals surface area contributed by atoms with Gasteiger partial charge in [-0.05, 0) is 49.3 Å². The molecule has 0 aromatic carbocycles. The van der Waals surface area contributed by atoms with E-state index in [2.05, 4.69) is 4.98 Å². The molecule has 1 fully saturated rings. The van der Waals surface area contributed by atoms with Crippen molar-refractivity contribution in [2.75, 3.05) is 25.0 Å². The molecule has 0 aliphatic carbocycles. The molecule has 1 aliphatic rings. The molecule has 1 amide bonds. The van der Waals surface area contributed by atoms with Crippen LogP contribution in [0.25, 0.3) is 0 Å². The molecule has 20 heavy (non-hydrogen) atoms. The number of aromatic nitrogens is 1. The Kier molecular flexibility index (Phi) is 4.29. The monoisotopic (exact) mass is 278 g/mol. The van der Waals surface area contributed by atoms with Crippen molar-refractivity contribution in [1.29, 1.82) is 0 Å². The molecule has 0 bridgehead atoms. The molecule has 0 N–H and O–H groups in total. The van der Waals surface area contributed by atoms with Gasteiger partial charge in [-0.2, -0.15) is 0 Å². The maximum atomic E-state index is 12.5. The Bertz CT molecular complexity index is 503. The first-order chi connectivity index (χ1) is 9.54. The van der Waals surface area contributed by atoms with E-state index in [1.54, 1.807) is 11.0 Å². The van der Waals surface area contributed by atoms with E-state index in [1.165, 1.54) is 12.3 Å². The third kappa shape index (κ3) is 2.77. The number of likely N-dealkylation sites (N-methyl/N-ethyl adjacent to an activating group) is 2. The second-order valence-corrected chi connectivity index (χ2v) is 4.85. The van der Waals surface area contributed by atoms with Crippen LogP contribution < -0.4 is 4.90 Å². The van der Waals surface area contributed by atoms with Crippen LogP contribution in [-0.4, -0.2) is 46.9 Å². The molecule has 7 heteroatoms. The van der Waals surface area contributed by atoms with Gasteiger partial charge in [-0.3, -0.25) is 9.69 Å². The summed E-state index contributed by atoms with van der Waals surface area (Å²) in [7, 11) is 1.94. The van der Waals surface area contributed by atoms with Gasteiger partial charge in [0.25, 0.3) is 0 Å². The lowest BCUT2D eigenvalue weighted by molar-refractivity contribution is -0.389. The molecular formula is C13H18N4O3. The third-order valence-corrected chi connectivity index (χ3v) is 3.62. The lowest BCUT2D eigenvalue weighted by atomic mass is 10.2. The van der Waals surface area contributed by atoms with Gasteiger partial charge in [-0.15, -0.1) is 0 Å². The minimum absolute atomic E-state index is 0.0307. The fourth-order valence-corrected chi connectivity index (χ4v) is 2.51. The van der Waals surface area contributed by atoms with Gasteiger partial charge < -0.3 is 15.0 Å². The molecule has 0 saturated carbocycles. The lowest BCUT2D eigenvalue weighted by Gasteiger charge is -2.26. The topological polar surface area (TPSA) is 79.6 Å². The molecule has 1 aliphatic heterocycles. The van der Waals surface area contributed by atoms with Crippen LogP contribution in [0, 0.1) is 10.1 Å². The normalized spacial score (nSPS) is 19.0. The number of amides is 1. The van der Waals surface area contributed by atoms with Crippen molar-refractivity contribution in [2.24, 2.45) is 0 Å². The van der Waals surface area contributed by atoms with E-state index in [-0.39, 0.29) is 17.8 Å². The number of likely N-dealkylation sites (tertiary alicyclic amines) is 1. The standard InChI is InChI=1S/C13H18N4O3/c1-3-16(13(18)11-5-4-8-15(11)2)10-6-7-12(14-9-10)17(19)20/h6-7,9,11H,3-5,8H2,1-2H3. The van der Waals surface area contributed by atoms with Gasteiger partial charge >= 0.3 is 5.82 Å². The first kappa shape index (κ1) is 14.4. The number of pyridine rings is 1. The zero-order chi connectivity index (χ0) is 14.7. The van der Waals surface area contributed by atoms with Crippen LogP contribution in [-0.2, 0) is 4.79 Å². The fraction of sp³-hybridized carbons (Fsp3) is 0.538. The van der Waals surface area contributed by atoms with Gasteiger partial charge in [0.05, 0.1) is 11.7 Å². The zero-order valence-electron chi connectivity index (χ0n) is 11.7. The minimum atomic E-state index is -0.549. The summed E-state index contributed by atoms with van der Waals surface area (Å²) in [5.41, 5.74) is 0.600. The number of nitro groups is 1. The Hall–Kier alpha value is -2.02. The van der Waals surface area contributed by atoms with Crippen molar-refractivity contribution in [3.63, 3.8) is 0 Å². The van der Waals surface area contributed by atoms with Crippen molar-refractivity contribution in [3.8, 4) is 0 Å². The van der Waals surface area contributed by atoms with Gasteiger partial charge in [0.2, 0.25) is 5.91 Å². The Balaban J connectivity index is 2.19. The summed E-state index contributed by atoms with van der Waals surface area (Å²) in [6, 6.07) is 2.79. The van der Waals surface area contributed by atoms with E-state index in [9.17, 15) is 14.9 Å². The fourth-order valence-electron chi connectivity index (χ4n) is 2.51. The summed E-state index contributed by atoms with van der Waals surface area (Å²) >= 11 is 0. The van der Waals surface area contributed by atoms with Crippen LogP contribution in [0.2, 0.25) is 0 Å². The molecule has 0 spiro atoms. The molecule has 7 nitrogen and oxygen atoms in total. The average Bonchev–Trinajstić information content (AvgIpc) is 2.86. The quantitative estimate of drug-likeness (QED) is 0.615. The highest BCUT2D eigenvalue weighted by atomic mass is 16.6. The second kappa shape index (κ2) is 5.96. The van der Waals surface area contributed by atoms with Crippen molar-refractivity contribution >= 4 is 17.4 Å². The highest BCUT2D eigenvalue weighted by Gasteiger charge is 2.31. The van der Waals surface area contributed by atoms with Crippen LogP contribution >= 0.6 is 0 Å². The first-order valence-corrected chi connectivity index (χ1v) is 6.66. The van der Waals surface area contributed by atoms with E-state index in [1.807, 2.05) is 18.9 Å². The Labute approximate surface area is 117 Å². The van der Waals surface area contributed by atoms with Crippen molar-refractivity contribution in [2.45, 2.75) is 25.8 Å². The molecule has 1 saturated heterocycles. The van der Waals surface area contributed by atoms with Crippen LogP contribution in [0.15, 0.2) is 18.3 Å². The molecule has 1 aromatic heterocycles. The number of hydrogen-bond acceptors (Lipinski definition) is 5. The number of carbonyl (C=O) groups is 1. The van der Waals surface area contributed by atoms with Crippen molar-refractivity contribution in [3.05, 3.63) is 28.4 Å². The molecular weight excluding hydrogens is 260 g/mol. The number of nitrogens with zero attached hydrogens (tertiary/aromatic N) is 4. The summed E-state index contributed by atoms with van der Waals surface area (Å²) in [5, 5.41) is 10.6. The largest absolute Gasteiger partial charge is 0.363 e. The summed E-state index contributed by atoms with van der Waals surface area (Å²) in [6.45, 7) is 3.32. The minimum Gasteiger partial charge on any atom is -0.358 e. The van der Waals surface area contributed by atoms with Gasteiger partial charge in [-0.1, -0.05) is 0 Å². The first-order valence-electron chi connectivity index (χ1n) is 6.66. The summed E-state index contributed by atoms with van der Waals surface area (Å²) in [4.78, 5) is 30.0. The van der Waals surface area contributed by atoms with Crippen LogP contribution in [0.1, 0.15) is 19.8 Å².